The summed E-state index contributed by atoms with van der Waals surface area (Å²) >= 11 is 7.60. The van der Waals surface area contributed by atoms with E-state index in [0.29, 0.717) is 29.5 Å². The number of carbonyl (C=O) groups excluding carboxylic acids is 2. The highest BCUT2D eigenvalue weighted by Crippen LogP contribution is 2.20. The summed E-state index contributed by atoms with van der Waals surface area (Å²) in [6, 6.07) is 15.3. The summed E-state index contributed by atoms with van der Waals surface area (Å²) in [6.45, 7) is 8.44. The first-order valence-electron chi connectivity index (χ1n) is 10.8. The molecule has 2 aromatic carbocycles. The van der Waals surface area contributed by atoms with Gasteiger partial charge in [-0.3, -0.25) is 9.59 Å². The van der Waals surface area contributed by atoms with E-state index in [0.717, 1.165) is 23.1 Å². The number of rotatable bonds is 11. The highest BCUT2D eigenvalue weighted by Gasteiger charge is 2.29. The monoisotopic (exact) mass is 460 g/mol. The lowest BCUT2D eigenvalue weighted by molar-refractivity contribution is -0.139. The lowest BCUT2D eigenvalue weighted by Gasteiger charge is -2.32. The smallest absolute Gasteiger partial charge is 0.243 e. The number of nitrogens with zero attached hydrogens (tertiary/aromatic N) is 1. The Balaban J connectivity index is 2.15. The van der Waals surface area contributed by atoms with Crippen molar-refractivity contribution in [3.63, 3.8) is 0 Å². The number of hydrogen-bond acceptors (Lipinski definition) is 3. The zero-order valence-corrected chi connectivity index (χ0v) is 20.4. The van der Waals surface area contributed by atoms with Crippen molar-refractivity contribution in [1.82, 2.24) is 10.2 Å². The van der Waals surface area contributed by atoms with Crippen molar-refractivity contribution in [2.45, 2.75) is 64.9 Å². The van der Waals surface area contributed by atoms with E-state index in [-0.39, 0.29) is 17.9 Å². The molecule has 0 heterocycles. The summed E-state index contributed by atoms with van der Waals surface area (Å²) in [5, 5.41) is 3.74. The zero-order valence-electron chi connectivity index (χ0n) is 18.9. The lowest BCUT2D eigenvalue weighted by atomic mass is 10.1. The van der Waals surface area contributed by atoms with Gasteiger partial charge in [-0.1, -0.05) is 61.8 Å². The maximum absolute atomic E-state index is 13.3. The predicted molar refractivity (Wildman–Crippen MR) is 131 cm³/mol. The first kappa shape index (κ1) is 25.3. The van der Waals surface area contributed by atoms with Gasteiger partial charge in [0, 0.05) is 23.4 Å². The summed E-state index contributed by atoms with van der Waals surface area (Å²) in [5.74, 6) is 0.895. The summed E-state index contributed by atoms with van der Waals surface area (Å²) in [4.78, 5) is 28.0. The van der Waals surface area contributed by atoms with E-state index in [4.69, 9.17) is 11.6 Å². The third-order valence-corrected chi connectivity index (χ3v) is 6.60. The quantitative estimate of drug-likeness (QED) is 0.474. The summed E-state index contributed by atoms with van der Waals surface area (Å²) in [7, 11) is 0. The first-order chi connectivity index (χ1) is 14.8. The average Bonchev–Trinajstić information content (AvgIpc) is 2.74. The van der Waals surface area contributed by atoms with Crippen molar-refractivity contribution in [3.8, 4) is 0 Å². The van der Waals surface area contributed by atoms with Crippen LogP contribution in [-0.4, -0.2) is 34.6 Å². The summed E-state index contributed by atoms with van der Waals surface area (Å²) in [5.41, 5.74) is 3.26. The van der Waals surface area contributed by atoms with E-state index < -0.39 is 6.04 Å². The van der Waals surface area contributed by atoms with E-state index >= 15 is 0 Å². The highest BCUT2D eigenvalue weighted by atomic mass is 35.5. The van der Waals surface area contributed by atoms with Gasteiger partial charge in [-0.25, -0.2) is 0 Å². The molecule has 168 valence electrons. The number of carbonyl (C=O) groups is 2. The van der Waals surface area contributed by atoms with Gasteiger partial charge in [-0.15, -0.1) is 11.8 Å². The fraction of sp³-hybridized carbons (Fsp3) is 0.440. The highest BCUT2D eigenvalue weighted by molar-refractivity contribution is 7.99. The Morgan fingerprint density at radius 3 is 2.48 bits per heavy atom. The third-order valence-electron chi connectivity index (χ3n) is 5.37. The number of amides is 2. The summed E-state index contributed by atoms with van der Waals surface area (Å²) < 4.78 is 0. The molecule has 0 radical (unpaired) electrons. The molecule has 1 N–H and O–H groups in total. The Labute approximate surface area is 195 Å². The average molecular weight is 461 g/mol. The molecule has 0 aliphatic carbocycles. The normalized spacial score (nSPS) is 12.8. The van der Waals surface area contributed by atoms with Crippen LogP contribution in [0.15, 0.2) is 48.5 Å². The van der Waals surface area contributed by atoms with Crippen molar-refractivity contribution in [1.29, 1.82) is 0 Å². The molecule has 0 saturated heterocycles. The molecular weight excluding hydrogens is 428 g/mol. The second-order valence-electron chi connectivity index (χ2n) is 7.81. The van der Waals surface area contributed by atoms with Gasteiger partial charge < -0.3 is 10.2 Å². The molecule has 4 nitrogen and oxygen atoms in total. The topological polar surface area (TPSA) is 49.4 Å². The zero-order chi connectivity index (χ0) is 22.8. The van der Waals surface area contributed by atoms with E-state index in [1.807, 2.05) is 76.2 Å². The molecule has 2 amide bonds. The molecule has 0 fully saturated rings. The Morgan fingerprint density at radius 2 is 1.84 bits per heavy atom. The number of thioether (sulfide) groups is 1. The van der Waals surface area contributed by atoms with Gasteiger partial charge in [0.2, 0.25) is 11.8 Å². The lowest BCUT2D eigenvalue weighted by Crippen LogP contribution is -2.51. The molecule has 31 heavy (non-hydrogen) atoms. The van der Waals surface area contributed by atoms with Gasteiger partial charge in [0.25, 0.3) is 0 Å². The van der Waals surface area contributed by atoms with Crippen molar-refractivity contribution in [2.75, 3.05) is 5.75 Å². The Hall–Kier alpha value is -1.98. The second kappa shape index (κ2) is 12.8. The predicted octanol–water partition coefficient (Wildman–Crippen LogP) is 5.60. The van der Waals surface area contributed by atoms with E-state index in [2.05, 4.69) is 5.32 Å². The molecule has 0 aromatic heterocycles. The van der Waals surface area contributed by atoms with Gasteiger partial charge in [-0.2, -0.15) is 0 Å². The van der Waals surface area contributed by atoms with Gasteiger partial charge in [-0.05, 0) is 55.5 Å². The molecule has 0 aliphatic heterocycles. The van der Waals surface area contributed by atoms with Gasteiger partial charge >= 0.3 is 0 Å². The minimum absolute atomic E-state index is 0.0265. The molecule has 0 bridgehead atoms. The number of benzene rings is 2. The number of nitrogens with one attached hydrogen (secondary N) is 1. The maximum atomic E-state index is 13.3. The Morgan fingerprint density at radius 1 is 1.10 bits per heavy atom. The molecular formula is C25H33ClN2O2S. The molecule has 2 rings (SSSR count). The SMILES string of the molecule is CCC(C)NC(=O)C(CC)N(Cc1ccccc1C)C(=O)CSCc1cccc(Cl)c1. The molecule has 6 heteroatoms. The fourth-order valence-electron chi connectivity index (χ4n) is 3.30. The Kier molecular flexibility index (Phi) is 10.4. The van der Waals surface area contributed by atoms with Crippen LogP contribution in [-0.2, 0) is 21.9 Å². The maximum Gasteiger partial charge on any atom is 0.243 e. The largest absolute Gasteiger partial charge is 0.352 e. The van der Waals surface area contributed by atoms with Crippen LogP contribution in [0.5, 0.6) is 0 Å². The van der Waals surface area contributed by atoms with Crippen LogP contribution in [0.4, 0.5) is 0 Å². The molecule has 2 aromatic rings. The second-order valence-corrected chi connectivity index (χ2v) is 9.23. The van der Waals surface area contributed by atoms with Crippen molar-refractivity contribution < 1.29 is 9.59 Å². The van der Waals surface area contributed by atoms with E-state index in [1.165, 1.54) is 0 Å². The van der Waals surface area contributed by atoms with Gasteiger partial charge in [0.1, 0.15) is 6.04 Å². The fourth-order valence-corrected chi connectivity index (χ4v) is 4.37. The van der Waals surface area contributed by atoms with Crippen LogP contribution in [0.2, 0.25) is 5.02 Å². The number of halogens is 1. The van der Waals surface area contributed by atoms with Crippen LogP contribution in [0.3, 0.4) is 0 Å². The summed E-state index contributed by atoms with van der Waals surface area (Å²) in [6.07, 6.45) is 1.42. The van der Waals surface area contributed by atoms with Crippen molar-refractivity contribution in [2.24, 2.45) is 0 Å². The van der Waals surface area contributed by atoms with E-state index in [9.17, 15) is 9.59 Å². The van der Waals surface area contributed by atoms with Crippen LogP contribution < -0.4 is 5.32 Å². The Bertz CT molecular complexity index is 874. The standard InChI is InChI=1S/C25H33ClN2O2S/c1-5-19(4)27-25(30)23(6-2)28(15-21-12-8-7-10-18(21)3)24(29)17-31-16-20-11-9-13-22(26)14-20/h7-14,19,23H,5-6,15-17H2,1-4H3,(H,27,30). The molecule has 0 saturated carbocycles. The minimum Gasteiger partial charge on any atom is -0.352 e. The van der Waals surface area contributed by atoms with Gasteiger partial charge in [0.15, 0.2) is 0 Å². The number of aryl methyl sites for hydroxylation is 1. The van der Waals surface area contributed by atoms with Crippen molar-refractivity contribution in [3.05, 3.63) is 70.2 Å². The minimum atomic E-state index is -0.493. The number of hydrogen-bond donors (Lipinski definition) is 1. The van der Waals surface area contributed by atoms with Crippen LogP contribution in [0.1, 0.15) is 50.3 Å². The van der Waals surface area contributed by atoms with Crippen LogP contribution >= 0.6 is 23.4 Å². The van der Waals surface area contributed by atoms with Crippen LogP contribution in [0, 0.1) is 6.92 Å². The molecule has 0 spiro atoms. The third kappa shape index (κ3) is 7.89. The van der Waals surface area contributed by atoms with Gasteiger partial charge in [0.05, 0.1) is 5.75 Å². The van der Waals surface area contributed by atoms with Crippen LogP contribution in [0.25, 0.3) is 0 Å². The molecule has 0 aliphatic rings. The van der Waals surface area contributed by atoms with E-state index in [1.54, 1.807) is 16.7 Å². The molecule has 2 atom stereocenters. The first-order valence-corrected chi connectivity index (χ1v) is 12.4. The van der Waals surface area contributed by atoms with Crippen molar-refractivity contribution >= 4 is 35.2 Å². The molecule has 2 unspecified atom stereocenters.